The number of aromatic nitrogens is 2. The van der Waals surface area contributed by atoms with Crippen molar-refractivity contribution < 1.29 is 24.2 Å². The molecule has 2 heterocycles. The molecular weight excluding hydrogens is 642 g/mol. The molecule has 3 aromatic carbocycles. The quantitative estimate of drug-likeness (QED) is 0.107. The van der Waals surface area contributed by atoms with Crippen LogP contribution < -0.4 is 25.4 Å². The minimum absolute atomic E-state index is 0.0834. The summed E-state index contributed by atoms with van der Waals surface area (Å²) in [5.74, 6) is 1.79. The highest BCUT2D eigenvalue weighted by molar-refractivity contribution is 5.94. The number of ether oxygens (including phenoxy) is 2. The molecule has 2 atom stereocenters. The Bertz CT molecular complexity index is 1900. The molecule has 1 unspecified atom stereocenters. The van der Waals surface area contributed by atoms with Crippen molar-refractivity contribution >= 4 is 11.8 Å². The molecule has 0 radical (unpaired) electrons. The summed E-state index contributed by atoms with van der Waals surface area (Å²) in [5, 5.41) is 20.1. The first kappa shape index (κ1) is 36.8. The SMILES string of the molecule is COc1ccc(CNC(=O)c2ccc(CNC(=O)Cc3cccc(CC(C)NC[C@H](O)c4ccc(-n5c(C)ccc5C)nc4)c3)cc2)cc1OC. The van der Waals surface area contributed by atoms with Gasteiger partial charge in [0, 0.05) is 54.4 Å². The van der Waals surface area contributed by atoms with Crippen molar-refractivity contribution in [2.75, 3.05) is 20.8 Å². The van der Waals surface area contributed by atoms with E-state index in [1.807, 2.05) is 62.4 Å². The zero-order chi connectivity index (χ0) is 36.3. The first-order chi connectivity index (χ1) is 24.6. The number of hydrogen-bond acceptors (Lipinski definition) is 7. The highest BCUT2D eigenvalue weighted by atomic mass is 16.5. The third-order valence-electron chi connectivity index (χ3n) is 8.82. The number of aliphatic hydroxyl groups is 1. The van der Waals surface area contributed by atoms with Gasteiger partial charge in [0.1, 0.15) is 5.82 Å². The topological polar surface area (TPSA) is 127 Å². The van der Waals surface area contributed by atoms with Gasteiger partial charge in [-0.2, -0.15) is 0 Å². The van der Waals surface area contributed by atoms with Gasteiger partial charge in [-0.05, 0) is 91.9 Å². The number of rotatable bonds is 16. The van der Waals surface area contributed by atoms with E-state index >= 15 is 0 Å². The molecule has 4 N–H and O–H groups in total. The largest absolute Gasteiger partial charge is 0.493 e. The summed E-state index contributed by atoms with van der Waals surface area (Å²) in [6.45, 7) is 7.28. The molecule has 51 heavy (non-hydrogen) atoms. The summed E-state index contributed by atoms with van der Waals surface area (Å²) in [5.41, 5.74) is 7.35. The number of nitrogens with one attached hydrogen (secondary N) is 3. The van der Waals surface area contributed by atoms with E-state index in [0.717, 1.165) is 51.4 Å². The van der Waals surface area contributed by atoms with Crippen molar-refractivity contribution in [1.82, 2.24) is 25.5 Å². The highest BCUT2D eigenvalue weighted by Crippen LogP contribution is 2.27. The van der Waals surface area contributed by atoms with Crippen LogP contribution in [0.4, 0.5) is 0 Å². The molecule has 0 aliphatic carbocycles. The predicted molar refractivity (Wildman–Crippen MR) is 198 cm³/mol. The molecule has 0 aliphatic heterocycles. The van der Waals surface area contributed by atoms with Crippen LogP contribution in [-0.2, 0) is 30.7 Å². The fourth-order valence-electron chi connectivity index (χ4n) is 5.98. The van der Waals surface area contributed by atoms with Crippen molar-refractivity contribution in [1.29, 1.82) is 0 Å². The molecular formula is C41H47N5O5. The third kappa shape index (κ3) is 10.1. The molecule has 0 spiro atoms. The average molecular weight is 690 g/mol. The minimum atomic E-state index is -0.681. The number of carbonyl (C=O) groups excluding carboxylic acids is 2. The van der Waals surface area contributed by atoms with Crippen molar-refractivity contribution in [3.8, 4) is 17.3 Å². The number of amides is 2. The van der Waals surface area contributed by atoms with Gasteiger partial charge in [0.15, 0.2) is 11.5 Å². The summed E-state index contributed by atoms with van der Waals surface area (Å²) in [6, 6.07) is 28.8. The molecule has 0 aliphatic rings. The van der Waals surface area contributed by atoms with Crippen molar-refractivity contribution in [3.63, 3.8) is 0 Å². The zero-order valence-electron chi connectivity index (χ0n) is 29.9. The van der Waals surface area contributed by atoms with Gasteiger partial charge in [0.05, 0.1) is 26.7 Å². The van der Waals surface area contributed by atoms with Crippen LogP contribution in [-0.4, -0.2) is 53.3 Å². The molecule has 266 valence electrons. The van der Waals surface area contributed by atoms with Gasteiger partial charge >= 0.3 is 0 Å². The summed E-state index contributed by atoms with van der Waals surface area (Å²) in [4.78, 5) is 30.1. The molecule has 10 nitrogen and oxygen atoms in total. The number of pyridine rings is 1. The summed E-state index contributed by atoms with van der Waals surface area (Å²) < 4.78 is 12.7. The Kier molecular flexibility index (Phi) is 12.6. The number of hydrogen-bond donors (Lipinski definition) is 4. The lowest BCUT2D eigenvalue weighted by molar-refractivity contribution is -0.120. The molecule has 10 heteroatoms. The van der Waals surface area contributed by atoms with E-state index in [1.54, 1.807) is 38.6 Å². The van der Waals surface area contributed by atoms with Crippen LogP contribution >= 0.6 is 0 Å². The molecule has 5 aromatic rings. The van der Waals surface area contributed by atoms with Crippen molar-refractivity contribution in [3.05, 3.63) is 142 Å². The number of aryl methyl sites for hydroxylation is 2. The lowest BCUT2D eigenvalue weighted by atomic mass is 10.0. The fraction of sp³-hybridized carbons (Fsp3) is 0.293. The first-order valence-electron chi connectivity index (χ1n) is 17.1. The summed E-state index contributed by atoms with van der Waals surface area (Å²) >= 11 is 0. The van der Waals surface area contributed by atoms with Crippen LogP contribution in [0.2, 0.25) is 0 Å². The van der Waals surface area contributed by atoms with E-state index in [4.69, 9.17) is 9.47 Å². The second-order valence-corrected chi connectivity index (χ2v) is 12.8. The van der Waals surface area contributed by atoms with Gasteiger partial charge in [-0.1, -0.05) is 48.5 Å². The van der Waals surface area contributed by atoms with Gasteiger partial charge < -0.3 is 35.1 Å². The van der Waals surface area contributed by atoms with Crippen LogP contribution in [0.5, 0.6) is 11.5 Å². The fourth-order valence-corrected chi connectivity index (χ4v) is 5.98. The Balaban J connectivity index is 1.04. The van der Waals surface area contributed by atoms with Crippen LogP contribution in [0.25, 0.3) is 5.82 Å². The lowest BCUT2D eigenvalue weighted by Gasteiger charge is -2.18. The van der Waals surface area contributed by atoms with E-state index in [2.05, 4.69) is 56.7 Å². The molecule has 0 saturated carbocycles. The van der Waals surface area contributed by atoms with Gasteiger partial charge in [0.2, 0.25) is 5.91 Å². The molecule has 5 rings (SSSR count). The highest BCUT2D eigenvalue weighted by Gasteiger charge is 2.14. The Morgan fingerprint density at radius 2 is 1.47 bits per heavy atom. The molecule has 0 bridgehead atoms. The molecule has 2 aromatic heterocycles. The second-order valence-electron chi connectivity index (χ2n) is 12.8. The number of carbonyl (C=O) groups is 2. The standard InChI is InChI=1S/C41H47N5O5/c1-27(42-26-36(47)35-16-18-39(43-25-35)46-28(2)9-10-29(46)3)19-31-7-6-8-32(20-31)22-40(48)44-23-30-11-14-34(15-12-30)41(49)45-24-33-13-17-37(50-4)38(21-33)51-5/h6-18,20-21,25,27,36,42,47H,19,22-24,26H2,1-5H3,(H,44,48)(H,45,49)/t27?,36-/m0/s1. The Morgan fingerprint density at radius 3 is 2.16 bits per heavy atom. The number of benzene rings is 3. The van der Waals surface area contributed by atoms with Gasteiger partial charge in [0.25, 0.3) is 5.91 Å². The third-order valence-corrected chi connectivity index (χ3v) is 8.82. The Hall–Kier alpha value is -5.45. The van der Waals surface area contributed by atoms with Gasteiger partial charge in [-0.25, -0.2) is 4.98 Å². The molecule has 0 saturated heterocycles. The first-order valence-corrected chi connectivity index (χ1v) is 17.1. The molecule has 2 amide bonds. The maximum absolute atomic E-state index is 12.8. The maximum atomic E-state index is 12.8. The normalized spacial score (nSPS) is 12.2. The summed E-state index contributed by atoms with van der Waals surface area (Å²) in [6.07, 6.45) is 2.06. The Morgan fingerprint density at radius 1 is 0.784 bits per heavy atom. The van der Waals surface area contributed by atoms with E-state index in [1.165, 1.54) is 0 Å². The monoisotopic (exact) mass is 689 g/mol. The van der Waals surface area contributed by atoms with Crippen molar-refractivity contribution in [2.24, 2.45) is 0 Å². The van der Waals surface area contributed by atoms with Gasteiger partial charge in [-0.15, -0.1) is 0 Å². The maximum Gasteiger partial charge on any atom is 0.251 e. The second kappa shape index (κ2) is 17.5. The predicted octanol–water partition coefficient (Wildman–Crippen LogP) is 5.55. The van der Waals surface area contributed by atoms with E-state index in [9.17, 15) is 14.7 Å². The van der Waals surface area contributed by atoms with Crippen LogP contribution in [0, 0.1) is 13.8 Å². The van der Waals surface area contributed by atoms with E-state index in [0.29, 0.717) is 36.7 Å². The van der Waals surface area contributed by atoms with Gasteiger partial charge in [-0.3, -0.25) is 9.59 Å². The number of nitrogens with zero attached hydrogens (tertiary/aromatic N) is 2. The summed E-state index contributed by atoms with van der Waals surface area (Å²) in [7, 11) is 3.15. The average Bonchev–Trinajstić information content (AvgIpc) is 3.49. The van der Waals surface area contributed by atoms with Crippen LogP contribution in [0.1, 0.15) is 62.6 Å². The Labute approximate surface area is 299 Å². The lowest BCUT2D eigenvalue weighted by Crippen LogP contribution is -2.32. The smallest absolute Gasteiger partial charge is 0.251 e. The number of methoxy groups -OCH3 is 2. The van der Waals surface area contributed by atoms with E-state index in [-0.39, 0.29) is 24.3 Å². The molecule has 0 fully saturated rings. The van der Waals surface area contributed by atoms with Crippen LogP contribution in [0.3, 0.4) is 0 Å². The number of aliphatic hydroxyl groups excluding tert-OH is 1. The van der Waals surface area contributed by atoms with Crippen molar-refractivity contribution in [2.45, 2.75) is 58.8 Å². The minimum Gasteiger partial charge on any atom is -0.493 e. The zero-order valence-corrected chi connectivity index (χ0v) is 29.9. The van der Waals surface area contributed by atoms with E-state index < -0.39 is 6.10 Å². The van der Waals surface area contributed by atoms with Crippen LogP contribution in [0.15, 0.2) is 97.2 Å².